The Morgan fingerprint density at radius 2 is 1.82 bits per heavy atom. The van der Waals surface area contributed by atoms with Crippen molar-refractivity contribution in [1.82, 2.24) is 29.9 Å². The number of rotatable bonds is 6. The largest absolute Gasteiger partial charge is 0.494 e. The van der Waals surface area contributed by atoms with Gasteiger partial charge in [-0.15, -0.1) is 10.2 Å². The van der Waals surface area contributed by atoms with Crippen molar-refractivity contribution in [3.8, 4) is 5.75 Å². The summed E-state index contributed by atoms with van der Waals surface area (Å²) in [4.78, 5) is 6.81. The molecule has 1 saturated heterocycles. The highest BCUT2D eigenvalue weighted by Gasteiger charge is 2.42. The van der Waals surface area contributed by atoms with Crippen LogP contribution in [0.25, 0.3) is 0 Å². The van der Waals surface area contributed by atoms with Crippen molar-refractivity contribution in [2.75, 3.05) is 11.5 Å². The lowest BCUT2D eigenvalue weighted by Crippen LogP contribution is -2.29. The molecule has 0 bridgehead atoms. The summed E-state index contributed by atoms with van der Waals surface area (Å²) in [7, 11) is 0. The lowest BCUT2D eigenvalue weighted by molar-refractivity contribution is 0.340. The van der Waals surface area contributed by atoms with Gasteiger partial charge < -0.3 is 15.0 Å². The van der Waals surface area contributed by atoms with Crippen molar-refractivity contribution in [2.45, 2.75) is 32.9 Å². The number of hydrogen-bond acceptors (Lipinski definition) is 5. The van der Waals surface area contributed by atoms with Gasteiger partial charge in [-0.25, -0.2) is 4.68 Å². The fraction of sp³-hybridized carbons (Fsp3) is 0.250. The highest BCUT2D eigenvalue weighted by atomic mass is 32.1. The summed E-state index contributed by atoms with van der Waals surface area (Å²) in [6.45, 7) is 6.79. The molecule has 4 aromatic rings. The minimum absolute atomic E-state index is 0.0956. The number of nitrogens with zero attached hydrogens (tertiary/aromatic N) is 6. The molecule has 0 aliphatic carbocycles. The molecule has 1 fully saturated rings. The standard InChI is InChI=1S/C24H25N7OS/c1-4-32-19-10-8-18(9-11-19)30-23(22(28-24(30)33)21-7-5-6-12-25-21)20-13-16(2)31(17(20)3)29-14-26-27-15-29/h5-15,22-23H,4H2,1-3H3,(H,28,33). The van der Waals surface area contributed by atoms with Gasteiger partial charge in [-0.1, -0.05) is 6.07 Å². The summed E-state index contributed by atoms with van der Waals surface area (Å²) in [5.41, 5.74) is 5.24. The van der Waals surface area contributed by atoms with Gasteiger partial charge in [0.25, 0.3) is 0 Å². The fourth-order valence-electron chi connectivity index (χ4n) is 4.55. The molecule has 5 rings (SSSR count). The van der Waals surface area contributed by atoms with E-state index in [0.29, 0.717) is 11.7 Å². The minimum atomic E-state index is -0.111. The molecule has 2 atom stereocenters. The Labute approximate surface area is 197 Å². The van der Waals surface area contributed by atoms with E-state index >= 15 is 0 Å². The van der Waals surface area contributed by atoms with Crippen LogP contribution in [-0.2, 0) is 0 Å². The Morgan fingerprint density at radius 1 is 1.06 bits per heavy atom. The molecule has 1 aliphatic heterocycles. The number of aromatic nitrogens is 5. The van der Waals surface area contributed by atoms with Crippen molar-refractivity contribution in [2.24, 2.45) is 0 Å². The molecule has 9 heteroatoms. The number of benzene rings is 1. The van der Waals surface area contributed by atoms with E-state index in [0.717, 1.165) is 34.1 Å². The monoisotopic (exact) mass is 459 g/mol. The first kappa shape index (κ1) is 21.1. The van der Waals surface area contributed by atoms with Crippen LogP contribution in [0.15, 0.2) is 67.4 Å². The average Bonchev–Trinajstić information content (AvgIpc) is 3.53. The van der Waals surface area contributed by atoms with Gasteiger partial charge in [0.05, 0.1) is 24.4 Å². The summed E-state index contributed by atoms with van der Waals surface area (Å²) in [5, 5.41) is 12.1. The number of nitrogens with one attached hydrogen (secondary N) is 1. The molecule has 8 nitrogen and oxygen atoms in total. The maximum Gasteiger partial charge on any atom is 0.174 e. The van der Waals surface area contributed by atoms with Gasteiger partial charge in [0.1, 0.15) is 18.4 Å². The normalized spacial score (nSPS) is 17.9. The van der Waals surface area contributed by atoms with Crippen molar-refractivity contribution in [3.05, 3.63) is 90.0 Å². The molecule has 168 valence electrons. The second-order valence-corrected chi connectivity index (χ2v) is 8.29. The van der Waals surface area contributed by atoms with E-state index in [1.807, 2.05) is 60.3 Å². The average molecular weight is 460 g/mol. The van der Waals surface area contributed by atoms with Crippen LogP contribution in [0, 0.1) is 13.8 Å². The van der Waals surface area contributed by atoms with Crippen molar-refractivity contribution in [3.63, 3.8) is 0 Å². The molecule has 0 amide bonds. The first-order chi connectivity index (χ1) is 16.1. The molecule has 1 N–H and O–H groups in total. The van der Waals surface area contributed by atoms with Crippen molar-refractivity contribution >= 4 is 23.0 Å². The first-order valence-electron chi connectivity index (χ1n) is 10.9. The van der Waals surface area contributed by atoms with Crippen LogP contribution < -0.4 is 15.0 Å². The third-order valence-electron chi connectivity index (χ3n) is 5.91. The fourth-order valence-corrected chi connectivity index (χ4v) is 4.90. The Balaban J connectivity index is 1.64. The zero-order valence-corrected chi connectivity index (χ0v) is 19.5. The van der Waals surface area contributed by atoms with Crippen LogP contribution in [0.3, 0.4) is 0 Å². The number of ether oxygens (including phenoxy) is 1. The van der Waals surface area contributed by atoms with E-state index < -0.39 is 0 Å². The molecule has 0 saturated carbocycles. The van der Waals surface area contributed by atoms with Gasteiger partial charge in [-0.05, 0) is 75.5 Å². The second kappa shape index (κ2) is 8.67. The van der Waals surface area contributed by atoms with Crippen LogP contribution in [0.2, 0.25) is 0 Å². The molecular formula is C24H25N7OS. The lowest BCUT2D eigenvalue weighted by atomic mass is 9.96. The predicted octanol–water partition coefficient (Wildman–Crippen LogP) is 3.98. The number of pyridine rings is 1. The Bertz CT molecular complexity index is 1250. The number of aryl methyl sites for hydroxylation is 1. The topological polar surface area (TPSA) is 73.0 Å². The van der Waals surface area contributed by atoms with Crippen molar-refractivity contribution < 1.29 is 4.74 Å². The third kappa shape index (κ3) is 3.74. The van der Waals surface area contributed by atoms with E-state index in [4.69, 9.17) is 17.0 Å². The van der Waals surface area contributed by atoms with Gasteiger partial charge in [-0.3, -0.25) is 9.66 Å². The van der Waals surface area contributed by atoms with Crippen LogP contribution in [0.5, 0.6) is 5.75 Å². The summed E-state index contributed by atoms with van der Waals surface area (Å²) in [6, 6.07) is 16.0. The third-order valence-corrected chi connectivity index (χ3v) is 6.23. The van der Waals surface area contributed by atoms with Crippen molar-refractivity contribution in [1.29, 1.82) is 0 Å². The zero-order chi connectivity index (χ0) is 22.9. The van der Waals surface area contributed by atoms with Crippen LogP contribution in [0.4, 0.5) is 5.69 Å². The maximum atomic E-state index is 5.85. The zero-order valence-electron chi connectivity index (χ0n) is 18.7. The molecule has 2 unspecified atom stereocenters. The Hall–Kier alpha value is -3.72. The lowest BCUT2D eigenvalue weighted by Gasteiger charge is -2.28. The summed E-state index contributed by atoms with van der Waals surface area (Å²) in [6.07, 6.45) is 5.21. The molecule has 33 heavy (non-hydrogen) atoms. The van der Waals surface area contributed by atoms with Gasteiger partial charge in [0.15, 0.2) is 5.11 Å². The quantitative estimate of drug-likeness (QED) is 0.437. The van der Waals surface area contributed by atoms with E-state index in [2.05, 4.69) is 50.0 Å². The molecule has 0 radical (unpaired) electrons. The summed E-state index contributed by atoms with van der Waals surface area (Å²) < 4.78 is 9.62. The maximum absolute atomic E-state index is 5.85. The molecule has 3 aromatic heterocycles. The van der Waals surface area contributed by atoms with E-state index in [-0.39, 0.29) is 12.1 Å². The van der Waals surface area contributed by atoms with Gasteiger partial charge in [0, 0.05) is 28.8 Å². The second-order valence-electron chi connectivity index (χ2n) is 7.90. The predicted molar refractivity (Wildman–Crippen MR) is 130 cm³/mol. The van der Waals surface area contributed by atoms with Gasteiger partial charge in [0.2, 0.25) is 0 Å². The van der Waals surface area contributed by atoms with Crippen LogP contribution in [0.1, 0.15) is 41.7 Å². The SMILES string of the molecule is CCOc1ccc(N2C(=S)NC(c3ccccn3)C2c2cc(C)n(-n3cnnc3)c2C)cc1. The minimum Gasteiger partial charge on any atom is -0.494 e. The van der Waals surface area contributed by atoms with Crippen LogP contribution in [-0.4, -0.2) is 36.3 Å². The number of anilines is 1. The Kier molecular flexibility index (Phi) is 5.55. The highest BCUT2D eigenvalue weighted by molar-refractivity contribution is 7.80. The summed E-state index contributed by atoms with van der Waals surface area (Å²) >= 11 is 5.85. The van der Waals surface area contributed by atoms with E-state index in [1.54, 1.807) is 12.7 Å². The Morgan fingerprint density at radius 3 is 2.48 bits per heavy atom. The van der Waals surface area contributed by atoms with E-state index in [1.165, 1.54) is 0 Å². The molecule has 0 spiro atoms. The first-order valence-corrected chi connectivity index (χ1v) is 11.3. The highest BCUT2D eigenvalue weighted by Crippen LogP contribution is 2.43. The van der Waals surface area contributed by atoms with E-state index in [9.17, 15) is 0 Å². The molecule has 1 aromatic carbocycles. The number of thiocarbonyl (C=S) groups is 1. The molecular weight excluding hydrogens is 434 g/mol. The summed E-state index contributed by atoms with van der Waals surface area (Å²) in [5.74, 6) is 0.836. The van der Waals surface area contributed by atoms with Crippen LogP contribution >= 0.6 is 12.2 Å². The number of hydrogen-bond donors (Lipinski definition) is 1. The molecule has 4 heterocycles. The smallest absolute Gasteiger partial charge is 0.174 e. The van der Waals surface area contributed by atoms with Gasteiger partial charge in [-0.2, -0.15) is 0 Å². The van der Waals surface area contributed by atoms with Gasteiger partial charge >= 0.3 is 0 Å². The molecule has 1 aliphatic rings.